The average Bonchev–Trinajstić information content (AvgIpc) is 2.15. The van der Waals surface area contributed by atoms with Crippen molar-refractivity contribution in [3.05, 3.63) is 17.3 Å². The normalized spacial score (nSPS) is 11.9. The van der Waals surface area contributed by atoms with Crippen LogP contribution in [0.2, 0.25) is 0 Å². The number of nitrogens with two attached hydrogens (primary N) is 1. The Hall–Kier alpha value is -1.60. The summed E-state index contributed by atoms with van der Waals surface area (Å²) in [7, 11) is 0.971. The van der Waals surface area contributed by atoms with Crippen molar-refractivity contribution < 1.29 is 26.7 Å². The second-order valence-corrected chi connectivity index (χ2v) is 2.81. The van der Waals surface area contributed by atoms with Crippen molar-refractivity contribution in [2.75, 3.05) is 12.8 Å². The Kier molecular flexibility index (Phi) is 3.20. The summed E-state index contributed by atoms with van der Waals surface area (Å²) in [5.41, 5.74) is 2.74. The summed E-state index contributed by atoms with van der Waals surface area (Å²) in [5.74, 6) is -1.64. The third-order valence-electron chi connectivity index (χ3n) is 1.78. The SMILES string of the molecule is COc1cc(C(F)(F)F)c(N)nc1C(F)F. The maximum Gasteiger partial charge on any atom is 0.420 e. The predicted octanol–water partition coefficient (Wildman–Crippen LogP) is 2.63. The fourth-order valence-corrected chi connectivity index (χ4v) is 1.07. The number of rotatable bonds is 2. The number of methoxy groups -OCH3 is 1. The number of nitrogen functional groups attached to an aromatic ring is 1. The van der Waals surface area contributed by atoms with E-state index in [4.69, 9.17) is 5.73 Å². The van der Waals surface area contributed by atoms with E-state index in [9.17, 15) is 22.0 Å². The third kappa shape index (κ3) is 2.31. The summed E-state index contributed by atoms with van der Waals surface area (Å²) in [4.78, 5) is 2.99. The number of alkyl halides is 5. The molecule has 8 heteroatoms. The van der Waals surface area contributed by atoms with Crippen LogP contribution in [-0.2, 0) is 6.18 Å². The molecular formula is C8H7F5N2O. The first-order valence-electron chi connectivity index (χ1n) is 3.97. The molecule has 1 rings (SSSR count). The largest absolute Gasteiger partial charge is 0.495 e. The van der Waals surface area contributed by atoms with E-state index < -0.39 is 35.4 Å². The number of pyridine rings is 1. The van der Waals surface area contributed by atoms with Gasteiger partial charge in [0.1, 0.15) is 17.1 Å². The molecule has 1 aromatic heterocycles. The molecule has 0 fully saturated rings. The van der Waals surface area contributed by atoms with Gasteiger partial charge in [-0.1, -0.05) is 0 Å². The standard InChI is InChI=1S/C8H7F5N2O/c1-16-4-2-3(8(11,12)13)7(14)15-5(4)6(9)10/h2,6H,1H3,(H2,14,15). The maximum absolute atomic E-state index is 12.3. The number of hydrogen-bond acceptors (Lipinski definition) is 3. The highest BCUT2D eigenvalue weighted by Gasteiger charge is 2.35. The van der Waals surface area contributed by atoms with Gasteiger partial charge in [0, 0.05) is 0 Å². The monoisotopic (exact) mass is 242 g/mol. The lowest BCUT2D eigenvalue weighted by atomic mass is 10.2. The highest BCUT2D eigenvalue weighted by Crippen LogP contribution is 2.38. The Morgan fingerprint density at radius 2 is 1.94 bits per heavy atom. The Balaban J connectivity index is 3.37. The molecule has 0 unspecified atom stereocenters. The summed E-state index contributed by atoms with van der Waals surface area (Å²) >= 11 is 0. The first-order chi connectivity index (χ1) is 7.27. The van der Waals surface area contributed by atoms with E-state index in [0.717, 1.165) is 7.11 Å². The molecule has 0 aliphatic rings. The zero-order valence-corrected chi connectivity index (χ0v) is 7.98. The van der Waals surface area contributed by atoms with Crippen molar-refractivity contribution >= 4 is 5.82 Å². The maximum atomic E-state index is 12.3. The molecule has 0 aliphatic heterocycles. The number of ether oxygens (including phenoxy) is 1. The van der Waals surface area contributed by atoms with E-state index in [1.54, 1.807) is 0 Å². The summed E-state index contributed by atoms with van der Waals surface area (Å²) in [6, 6.07) is 0.407. The van der Waals surface area contributed by atoms with E-state index in [1.165, 1.54) is 0 Å². The van der Waals surface area contributed by atoms with Gasteiger partial charge in [0.25, 0.3) is 6.43 Å². The molecule has 0 aliphatic carbocycles. The van der Waals surface area contributed by atoms with Gasteiger partial charge in [0.15, 0.2) is 5.69 Å². The number of halogens is 5. The number of nitrogens with zero attached hydrogens (tertiary/aromatic N) is 1. The van der Waals surface area contributed by atoms with Gasteiger partial charge in [-0.05, 0) is 6.07 Å². The lowest BCUT2D eigenvalue weighted by Gasteiger charge is -2.13. The van der Waals surface area contributed by atoms with Crippen LogP contribution in [0.25, 0.3) is 0 Å². The summed E-state index contributed by atoms with van der Waals surface area (Å²) < 4.78 is 66.1. The van der Waals surface area contributed by atoms with Crippen molar-refractivity contribution in [1.29, 1.82) is 0 Å². The van der Waals surface area contributed by atoms with Crippen LogP contribution in [0.4, 0.5) is 27.8 Å². The smallest absolute Gasteiger partial charge is 0.420 e. The van der Waals surface area contributed by atoms with Gasteiger partial charge >= 0.3 is 6.18 Å². The van der Waals surface area contributed by atoms with E-state index in [2.05, 4.69) is 9.72 Å². The van der Waals surface area contributed by atoms with Crippen LogP contribution >= 0.6 is 0 Å². The van der Waals surface area contributed by atoms with Crippen molar-refractivity contribution in [2.45, 2.75) is 12.6 Å². The van der Waals surface area contributed by atoms with E-state index >= 15 is 0 Å². The molecule has 0 amide bonds. The topological polar surface area (TPSA) is 48.1 Å². The van der Waals surface area contributed by atoms with Gasteiger partial charge < -0.3 is 10.5 Å². The molecule has 0 radical (unpaired) electrons. The molecule has 90 valence electrons. The van der Waals surface area contributed by atoms with Gasteiger partial charge in [-0.15, -0.1) is 0 Å². The highest BCUT2D eigenvalue weighted by atomic mass is 19.4. The molecule has 0 saturated heterocycles. The second kappa shape index (κ2) is 4.11. The molecule has 1 aromatic rings. The van der Waals surface area contributed by atoms with Crippen molar-refractivity contribution in [3.8, 4) is 5.75 Å². The first-order valence-corrected chi connectivity index (χ1v) is 3.97. The minimum atomic E-state index is -4.76. The predicted molar refractivity (Wildman–Crippen MR) is 45.2 cm³/mol. The molecule has 0 aromatic carbocycles. The fraction of sp³-hybridized carbons (Fsp3) is 0.375. The van der Waals surface area contributed by atoms with E-state index in [0.29, 0.717) is 6.07 Å². The molecule has 1 heterocycles. The molecule has 0 bridgehead atoms. The molecule has 3 nitrogen and oxygen atoms in total. The van der Waals surface area contributed by atoms with Crippen LogP contribution in [0.1, 0.15) is 17.7 Å². The third-order valence-corrected chi connectivity index (χ3v) is 1.78. The molecule has 0 atom stereocenters. The minimum absolute atomic E-state index is 0.407. The Labute approximate surface area is 87.0 Å². The van der Waals surface area contributed by atoms with Gasteiger partial charge in [-0.2, -0.15) is 13.2 Å². The van der Waals surface area contributed by atoms with Crippen molar-refractivity contribution in [2.24, 2.45) is 0 Å². The number of hydrogen-bond donors (Lipinski definition) is 1. The van der Waals surface area contributed by atoms with Gasteiger partial charge in [-0.25, -0.2) is 13.8 Å². The molecular weight excluding hydrogens is 235 g/mol. The fourth-order valence-electron chi connectivity index (χ4n) is 1.07. The zero-order chi connectivity index (χ0) is 12.5. The van der Waals surface area contributed by atoms with Crippen molar-refractivity contribution in [1.82, 2.24) is 4.98 Å². The lowest BCUT2D eigenvalue weighted by Crippen LogP contribution is -2.12. The van der Waals surface area contributed by atoms with Crippen LogP contribution in [0.5, 0.6) is 5.75 Å². The summed E-state index contributed by atoms with van der Waals surface area (Å²) in [6.45, 7) is 0. The van der Waals surface area contributed by atoms with Crippen LogP contribution in [0.15, 0.2) is 6.07 Å². The second-order valence-electron chi connectivity index (χ2n) is 2.81. The summed E-state index contributed by atoms with van der Waals surface area (Å²) in [5, 5.41) is 0. The van der Waals surface area contributed by atoms with Gasteiger partial charge in [-0.3, -0.25) is 0 Å². The van der Waals surface area contributed by atoms with Gasteiger partial charge in [0.05, 0.1) is 7.11 Å². The highest BCUT2D eigenvalue weighted by molar-refractivity contribution is 5.48. The average molecular weight is 242 g/mol. The first kappa shape index (κ1) is 12.5. The van der Waals surface area contributed by atoms with E-state index in [-0.39, 0.29) is 0 Å². The number of aromatic nitrogens is 1. The van der Waals surface area contributed by atoms with Gasteiger partial charge in [0.2, 0.25) is 0 Å². The van der Waals surface area contributed by atoms with E-state index in [1.807, 2.05) is 0 Å². The summed E-state index contributed by atoms with van der Waals surface area (Å²) in [6.07, 6.45) is -7.81. The Bertz CT molecular complexity index is 391. The zero-order valence-electron chi connectivity index (χ0n) is 7.98. The molecule has 0 saturated carbocycles. The quantitative estimate of drug-likeness (QED) is 0.811. The molecule has 2 N–H and O–H groups in total. The van der Waals surface area contributed by atoms with Crippen LogP contribution in [0, 0.1) is 0 Å². The molecule has 16 heavy (non-hydrogen) atoms. The van der Waals surface area contributed by atoms with Crippen LogP contribution < -0.4 is 10.5 Å². The Morgan fingerprint density at radius 1 is 1.38 bits per heavy atom. The Morgan fingerprint density at radius 3 is 2.31 bits per heavy atom. The van der Waals surface area contributed by atoms with Crippen molar-refractivity contribution in [3.63, 3.8) is 0 Å². The minimum Gasteiger partial charge on any atom is -0.495 e. The van der Waals surface area contributed by atoms with Crippen LogP contribution in [-0.4, -0.2) is 12.1 Å². The van der Waals surface area contributed by atoms with Crippen LogP contribution in [0.3, 0.4) is 0 Å². The lowest BCUT2D eigenvalue weighted by molar-refractivity contribution is -0.137. The molecule has 0 spiro atoms. The number of anilines is 1.